The Balaban J connectivity index is 1.23. The molecule has 6 atom stereocenters. The maximum absolute atomic E-state index is 13.6. The van der Waals surface area contributed by atoms with Gasteiger partial charge in [0.05, 0.1) is 0 Å². The minimum atomic E-state index is -0.196. The number of benzene rings is 1. The first-order valence-corrected chi connectivity index (χ1v) is 13.4. The molecule has 2 aromatic rings. The standard InChI is InChI=1S/C29H33N3O2/c33-25-7-3-6-22(30-25)27(34)32-17-20-15-28-11-10-23(32)26(20)29(28)12-13-31(16-18-8-9-18)24(28)14-19-4-1-2-5-21(19)29/h1-7,18,20,23-24,26H,8-17H2,(H,30,33)/t20-,23-,24-,26-,28-,29+/m1/s1. The van der Waals surface area contributed by atoms with E-state index in [1.54, 1.807) is 23.3 Å². The molecule has 5 nitrogen and oxygen atoms in total. The highest BCUT2D eigenvalue weighted by Gasteiger charge is 2.76. The number of fused-ring (bicyclic) bond motifs is 1. The largest absolute Gasteiger partial charge is 0.334 e. The van der Waals surface area contributed by atoms with Crippen LogP contribution in [0.5, 0.6) is 0 Å². The van der Waals surface area contributed by atoms with Crippen LogP contribution in [0.3, 0.4) is 0 Å². The average molecular weight is 456 g/mol. The summed E-state index contributed by atoms with van der Waals surface area (Å²) in [6.45, 7) is 3.37. The first-order chi connectivity index (χ1) is 16.6. The van der Waals surface area contributed by atoms with Crippen LogP contribution in [0.2, 0.25) is 0 Å². The predicted octanol–water partition coefficient (Wildman–Crippen LogP) is 3.59. The fourth-order valence-electron chi connectivity index (χ4n) is 9.88. The van der Waals surface area contributed by atoms with E-state index in [-0.39, 0.29) is 16.9 Å². The van der Waals surface area contributed by atoms with Crippen LogP contribution in [0, 0.1) is 23.2 Å². The van der Waals surface area contributed by atoms with Gasteiger partial charge < -0.3 is 9.88 Å². The molecule has 5 heteroatoms. The number of likely N-dealkylation sites (tertiary alicyclic amines) is 2. The molecule has 2 aliphatic heterocycles. The smallest absolute Gasteiger partial charge is 0.270 e. The first-order valence-electron chi connectivity index (χ1n) is 13.4. The summed E-state index contributed by atoms with van der Waals surface area (Å²) in [5.74, 6) is 2.07. The third-order valence-corrected chi connectivity index (χ3v) is 11.0. The number of rotatable bonds is 3. The van der Waals surface area contributed by atoms with E-state index in [9.17, 15) is 9.59 Å². The fraction of sp³-hybridized carbons (Fsp3) is 0.586. The second kappa shape index (κ2) is 6.63. The van der Waals surface area contributed by atoms with Gasteiger partial charge in [0, 0.05) is 36.7 Å². The predicted molar refractivity (Wildman–Crippen MR) is 130 cm³/mol. The molecule has 0 spiro atoms. The monoisotopic (exact) mass is 455 g/mol. The van der Waals surface area contributed by atoms with Gasteiger partial charge in [-0.2, -0.15) is 0 Å². The molecule has 1 N–H and O–H groups in total. The highest BCUT2D eigenvalue weighted by molar-refractivity contribution is 5.92. The van der Waals surface area contributed by atoms with Crippen molar-refractivity contribution in [2.75, 3.05) is 19.6 Å². The molecule has 4 bridgehead atoms. The molecule has 176 valence electrons. The lowest BCUT2D eigenvalue weighted by atomic mass is 9.43. The maximum Gasteiger partial charge on any atom is 0.270 e. The van der Waals surface area contributed by atoms with Gasteiger partial charge in [0.25, 0.3) is 5.91 Å². The topological polar surface area (TPSA) is 56.4 Å². The van der Waals surface area contributed by atoms with Crippen LogP contribution in [0.25, 0.3) is 0 Å². The van der Waals surface area contributed by atoms with Crippen molar-refractivity contribution >= 4 is 5.91 Å². The Kier molecular flexibility index (Phi) is 3.87. The summed E-state index contributed by atoms with van der Waals surface area (Å²) in [4.78, 5) is 33.4. The third kappa shape index (κ3) is 2.35. The van der Waals surface area contributed by atoms with Crippen molar-refractivity contribution in [3.63, 3.8) is 0 Å². The van der Waals surface area contributed by atoms with Crippen LogP contribution in [-0.4, -0.2) is 52.4 Å². The highest BCUT2D eigenvalue weighted by atomic mass is 16.2. The van der Waals surface area contributed by atoms with Crippen molar-refractivity contribution in [1.82, 2.24) is 14.8 Å². The Morgan fingerprint density at radius 2 is 1.94 bits per heavy atom. The van der Waals surface area contributed by atoms with Crippen LogP contribution in [0.15, 0.2) is 47.3 Å². The summed E-state index contributed by atoms with van der Waals surface area (Å²) in [6, 6.07) is 15.2. The molecule has 0 unspecified atom stereocenters. The van der Waals surface area contributed by atoms with Crippen molar-refractivity contribution in [3.8, 4) is 0 Å². The van der Waals surface area contributed by atoms with Gasteiger partial charge in [-0.15, -0.1) is 0 Å². The SMILES string of the molecule is O=C(c1cccc(=O)[nH]1)N1C[C@H]2C[C@@]34CC[C@@H]1[C@@H]2[C@@]31CCN(CC2CC2)[C@@H]4Cc2ccccc21. The molecular weight excluding hydrogens is 422 g/mol. The molecule has 2 saturated heterocycles. The number of nitrogens with zero attached hydrogens (tertiary/aromatic N) is 2. The Morgan fingerprint density at radius 3 is 2.79 bits per heavy atom. The van der Waals surface area contributed by atoms with Gasteiger partial charge in [-0.3, -0.25) is 14.5 Å². The van der Waals surface area contributed by atoms with Crippen molar-refractivity contribution in [1.29, 1.82) is 0 Å². The molecule has 4 aliphatic carbocycles. The average Bonchev–Trinajstić information content (AvgIpc) is 3.54. The van der Waals surface area contributed by atoms with Gasteiger partial charge >= 0.3 is 0 Å². The minimum absolute atomic E-state index is 0.0211. The van der Waals surface area contributed by atoms with Gasteiger partial charge in [0.15, 0.2) is 0 Å². The van der Waals surface area contributed by atoms with Gasteiger partial charge in [-0.1, -0.05) is 30.3 Å². The molecular formula is C29H33N3O2. The van der Waals surface area contributed by atoms with Crippen molar-refractivity contribution < 1.29 is 4.79 Å². The molecule has 3 heterocycles. The number of piperidine rings is 1. The molecule has 8 rings (SSSR count). The van der Waals surface area contributed by atoms with E-state index in [2.05, 4.69) is 39.0 Å². The number of hydrogen-bond acceptors (Lipinski definition) is 3. The van der Waals surface area contributed by atoms with E-state index >= 15 is 0 Å². The minimum Gasteiger partial charge on any atom is -0.334 e. The van der Waals surface area contributed by atoms with E-state index in [0.717, 1.165) is 18.9 Å². The molecule has 0 radical (unpaired) electrons. The number of aromatic nitrogens is 1. The van der Waals surface area contributed by atoms with Crippen LogP contribution < -0.4 is 5.56 Å². The molecule has 34 heavy (non-hydrogen) atoms. The Morgan fingerprint density at radius 1 is 1.06 bits per heavy atom. The summed E-state index contributed by atoms with van der Waals surface area (Å²) in [5, 5.41) is 0. The summed E-state index contributed by atoms with van der Waals surface area (Å²) >= 11 is 0. The van der Waals surface area contributed by atoms with Gasteiger partial charge in [-0.05, 0) is 91.9 Å². The lowest BCUT2D eigenvalue weighted by Gasteiger charge is -2.66. The summed E-state index contributed by atoms with van der Waals surface area (Å²) in [7, 11) is 0. The van der Waals surface area contributed by atoms with E-state index in [1.807, 2.05) is 0 Å². The Hall–Kier alpha value is -2.40. The second-order valence-corrected chi connectivity index (χ2v) is 12.2. The van der Waals surface area contributed by atoms with Crippen molar-refractivity contribution in [3.05, 3.63) is 69.6 Å². The third-order valence-electron chi connectivity index (χ3n) is 11.0. The maximum atomic E-state index is 13.6. The van der Waals surface area contributed by atoms with Crippen LogP contribution >= 0.6 is 0 Å². The van der Waals surface area contributed by atoms with E-state index in [4.69, 9.17) is 0 Å². The molecule has 3 saturated carbocycles. The molecule has 5 fully saturated rings. The lowest BCUT2D eigenvalue weighted by Crippen LogP contribution is -2.69. The number of carbonyl (C=O) groups is 1. The number of amides is 1. The van der Waals surface area contributed by atoms with E-state index in [1.165, 1.54) is 57.7 Å². The van der Waals surface area contributed by atoms with Crippen LogP contribution in [0.1, 0.15) is 60.1 Å². The zero-order chi connectivity index (χ0) is 22.7. The molecule has 1 amide bonds. The zero-order valence-electron chi connectivity index (χ0n) is 19.7. The van der Waals surface area contributed by atoms with Gasteiger partial charge in [-0.25, -0.2) is 0 Å². The summed E-state index contributed by atoms with van der Waals surface area (Å²) < 4.78 is 0. The fourth-order valence-corrected chi connectivity index (χ4v) is 9.88. The van der Waals surface area contributed by atoms with Gasteiger partial charge in [0.2, 0.25) is 5.56 Å². The normalized spacial score (nSPS) is 39.6. The Labute approximate surface area is 200 Å². The number of carbonyl (C=O) groups excluding carboxylic acids is 1. The Bertz CT molecular complexity index is 1250. The zero-order valence-corrected chi connectivity index (χ0v) is 19.7. The van der Waals surface area contributed by atoms with E-state index < -0.39 is 0 Å². The highest BCUT2D eigenvalue weighted by Crippen LogP contribution is 2.75. The summed E-state index contributed by atoms with van der Waals surface area (Å²) in [5.41, 5.74) is 4.02. The van der Waals surface area contributed by atoms with E-state index in [0.29, 0.717) is 35.0 Å². The summed E-state index contributed by atoms with van der Waals surface area (Å²) in [6.07, 6.45) is 8.91. The number of H-pyrrole nitrogens is 1. The van der Waals surface area contributed by atoms with Crippen LogP contribution in [0.4, 0.5) is 0 Å². The second-order valence-electron chi connectivity index (χ2n) is 12.2. The molecule has 1 aromatic carbocycles. The lowest BCUT2D eigenvalue weighted by molar-refractivity contribution is -0.102. The van der Waals surface area contributed by atoms with Crippen molar-refractivity contribution in [2.45, 2.75) is 62.4 Å². The molecule has 6 aliphatic rings. The number of hydrogen-bond donors (Lipinski definition) is 1. The van der Waals surface area contributed by atoms with Crippen LogP contribution in [-0.2, 0) is 11.8 Å². The first kappa shape index (κ1) is 19.9. The van der Waals surface area contributed by atoms with Crippen molar-refractivity contribution in [2.24, 2.45) is 23.2 Å². The number of pyridine rings is 1. The number of aromatic amines is 1. The quantitative estimate of drug-likeness (QED) is 0.770. The number of nitrogens with one attached hydrogen (secondary N) is 1. The van der Waals surface area contributed by atoms with Gasteiger partial charge in [0.1, 0.15) is 5.69 Å². The molecule has 1 aromatic heterocycles.